The highest BCUT2D eigenvalue weighted by Gasteiger charge is 2.40. The predicted molar refractivity (Wildman–Crippen MR) is 129 cm³/mol. The first-order valence-corrected chi connectivity index (χ1v) is 11.5. The second-order valence-corrected chi connectivity index (χ2v) is 10.1. The Labute approximate surface area is 193 Å². The highest BCUT2D eigenvalue weighted by molar-refractivity contribution is 6.34. The molecule has 32 heavy (non-hydrogen) atoms. The van der Waals surface area contributed by atoms with E-state index >= 15 is 0 Å². The summed E-state index contributed by atoms with van der Waals surface area (Å²) in [4.78, 5) is 21.9. The molecule has 5 rings (SSSR count). The van der Waals surface area contributed by atoms with Crippen molar-refractivity contribution in [3.05, 3.63) is 63.3 Å². The van der Waals surface area contributed by atoms with Gasteiger partial charge in [-0.3, -0.25) is 9.69 Å². The second-order valence-electron chi connectivity index (χ2n) is 9.67. The molecular weight excluding hydrogens is 420 g/mol. The summed E-state index contributed by atoms with van der Waals surface area (Å²) in [6.07, 6.45) is 0. The molecule has 0 spiro atoms. The molecule has 1 fully saturated rings. The van der Waals surface area contributed by atoms with Gasteiger partial charge in [-0.15, -0.1) is 0 Å². The van der Waals surface area contributed by atoms with Gasteiger partial charge in [0.15, 0.2) is 5.78 Å². The Morgan fingerprint density at radius 1 is 1.12 bits per heavy atom. The van der Waals surface area contributed by atoms with Crippen LogP contribution in [0.15, 0.2) is 30.3 Å². The van der Waals surface area contributed by atoms with Crippen molar-refractivity contribution in [1.82, 2.24) is 9.88 Å². The summed E-state index contributed by atoms with van der Waals surface area (Å²) in [6, 6.07) is 12.1. The Balaban J connectivity index is 1.61. The van der Waals surface area contributed by atoms with Gasteiger partial charge in [-0.05, 0) is 43.7 Å². The normalized spacial score (nSPS) is 18.0. The van der Waals surface area contributed by atoms with Gasteiger partial charge in [-0.25, -0.2) is 0 Å². The van der Waals surface area contributed by atoms with Gasteiger partial charge in [0, 0.05) is 59.8 Å². The highest BCUT2D eigenvalue weighted by atomic mass is 35.5. The van der Waals surface area contributed by atoms with Crippen LogP contribution in [0.3, 0.4) is 0 Å². The van der Waals surface area contributed by atoms with Crippen LogP contribution in [0.4, 0.5) is 5.69 Å². The lowest BCUT2D eigenvalue weighted by atomic mass is 9.71. The SMILES string of the molecule is CC(C)N1CCN(c2cc3c(cc2Cl)C(=O)c2c([nH]c4cc(C#N)ccc24)C3(C)C)CC1. The van der Waals surface area contributed by atoms with Crippen LogP contribution in [0, 0.1) is 11.3 Å². The molecule has 3 aromatic rings. The fraction of sp³-hybridized carbons (Fsp3) is 0.385. The van der Waals surface area contributed by atoms with Crippen molar-refractivity contribution >= 4 is 34.0 Å². The van der Waals surface area contributed by atoms with E-state index in [1.165, 1.54) is 0 Å². The summed E-state index contributed by atoms with van der Waals surface area (Å²) in [6.45, 7) is 12.6. The minimum atomic E-state index is -0.399. The lowest BCUT2D eigenvalue weighted by molar-refractivity contribution is 0.103. The molecular formula is C26H27ClN4O. The Hall–Kier alpha value is -2.81. The Morgan fingerprint density at radius 3 is 2.50 bits per heavy atom. The minimum absolute atomic E-state index is 0.0108. The molecule has 6 heteroatoms. The lowest BCUT2D eigenvalue weighted by Crippen LogP contribution is -2.49. The van der Waals surface area contributed by atoms with E-state index in [4.69, 9.17) is 11.6 Å². The molecule has 1 aliphatic heterocycles. The molecule has 1 aliphatic carbocycles. The monoisotopic (exact) mass is 446 g/mol. The summed E-state index contributed by atoms with van der Waals surface area (Å²) in [7, 11) is 0. The van der Waals surface area contributed by atoms with Crippen molar-refractivity contribution < 1.29 is 4.79 Å². The third-order valence-corrected chi connectivity index (χ3v) is 7.47. The van der Waals surface area contributed by atoms with Crippen LogP contribution >= 0.6 is 11.6 Å². The second kappa shape index (κ2) is 7.37. The Bertz CT molecular complexity index is 1290. The Morgan fingerprint density at radius 2 is 1.84 bits per heavy atom. The average Bonchev–Trinajstić information content (AvgIpc) is 3.17. The van der Waals surface area contributed by atoms with Gasteiger partial charge >= 0.3 is 0 Å². The van der Waals surface area contributed by atoms with Crippen LogP contribution in [0.2, 0.25) is 5.02 Å². The summed E-state index contributed by atoms with van der Waals surface area (Å²) in [5, 5.41) is 10.8. The number of halogens is 1. The minimum Gasteiger partial charge on any atom is -0.368 e. The van der Waals surface area contributed by atoms with Gasteiger partial charge in [0.1, 0.15) is 0 Å². The maximum absolute atomic E-state index is 13.6. The third-order valence-electron chi connectivity index (χ3n) is 7.17. The zero-order valence-electron chi connectivity index (χ0n) is 18.9. The maximum Gasteiger partial charge on any atom is 0.195 e. The lowest BCUT2D eigenvalue weighted by Gasteiger charge is -2.39. The van der Waals surface area contributed by atoms with Crippen LogP contribution in [0.5, 0.6) is 0 Å². The number of aromatic amines is 1. The van der Waals surface area contributed by atoms with Gasteiger partial charge in [0.05, 0.1) is 27.9 Å². The number of benzene rings is 2. The van der Waals surface area contributed by atoms with Crippen LogP contribution in [-0.4, -0.2) is 47.9 Å². The average molecular weight is 447 g/mol. The number of piperazine rings is 1. The van der Waals surface area contributed by atoms with Crippen molar-refractivity contribution in [2.75, 3.05) is 31.1 Å². The number of fused-ring (bicyclic) bond motifs is 4. The van der Waals surface area contributed by atoms with Gasteiger partial charge < -0.3 is 9.88 Å². The van der Waals surface area contributed by atoms with Crippen LogP contribution in [-0.2, 0) is 5.41 Å². The first kappa shape index (κ1) is 21.1. The summed E-state index contributed by atoms with van der Waals surface area (Å²) in [5.74, 6) is -0.0108. The van der Waals surface area contributed by atoms with Crippen molar-refractivity contribution in [2.24, 2.45) is 0 Å². The van der Waals surface area contributed by atoms with Crippen molar-refractivity contribution in [3.8, 4) is 6.07 Å². The van der Waals surface area contributed by atoms with Gasteiger partial charge in [-0.1, -0.05) is 31.5 Å². The molecule has 0 atom stereocenters. The first-order valence-electron chi connectivity index (χ1n) is 11.2. The molecule has 0 saturated carbocycles. The van der Waals surface area contributed by atoms with Gasteiger partial charge in [-0.2, -0.15) is 5.26 Å². The van der Waals surface area contributed by atoms with E-state index < -0.39 is 5.41 Å². The molecule has 2 aromatic carbocycles. The fourth-order valence-electron chi connectivity index (χ4n) is 5.23. The fourth-order valence-corrected chi connectivity index (χ4v) is 5.51. The molecule has 1 saturated heterocycles. The molecule has 2 aliphatic rings. The van der Waals surface area contributed by atoms with E-state index in [2.05, 4.69) is 54.6 Å². The zero-order chi connectivity index (χ0) is 22.8. The number of nitrogens with one attached hydrogen (secondary N) is 1. The molecule has 164 valence electrons. The number of nitriles is 1. The number of ketones is 1. The van der Waals surface area contributed by atoms with E-state index in [1.54, 1.807) is 6.07 Å². The molecule has 2 heterocycles. The number of rotatable bonds is 2. The van der Waals surface area contributed by atoms with Crippen molar-refractivity contribution in [2.45, 2.75) is 39.2 Å². The maximum atomic E-state index is 13.6. The zero-order valence-corrected chi connectivity index (χ0v) is 19.7. The van der Waals surface area contributed by atoms with Gasteiger partial charge in [0.2, 0.25) is 0 Å². The summed E-state index contributed by atoms with van der Waals surface area (Å²) in [5.41, 5.74) is 5.25. The topological polar surface area (TPSA) is 63.1 Å². The standard InChI is InChI=1S/C26H27ClN4O/c1-15(2)30-7-9-31(10-8-30)22-13-19-18(12-20(22)27)24(32)23-17-6-5-16(14-28)11-21(17)29-25(23)26(19,3)4/h5-6,11-13,15,29H,7-10H2,1-4H3. The molecule has 1 aromatic heterocycles. The summed E-state index contributed by atoms with van der Waals surface area (Å²) < 4.78 is 0. The molecule has 0 amide bonds. The Kier molecular flexibility index (Phi) is 4.85. The van der Waals surface area contributed by atoms with Gasteiger partial charge in [0.25, 0.3) is 0 Å². The van der Waals surface area contributed by atoms with E-state index in [0.29, 0.717) is 27.8 Å². The van der Waals surface area contributed by atoms with Crippen LogP contribution in [0.25, 0.3) is 10.9 Å². The molecule has 1 N–H and O–H groups in total. The van der Waals surface area contributed by atoms with E-state index in [1.807, 2.05) is 18.2 Å². The predicted octanol–water partition coefficient (Wildman–Crippen LogP) is 5.09. The number of anilines is 1. The number of hydrogen-bond acceptors (Lipinski definition) is 4. The number of hydrogen-bond donors (Lipinski definition) is 1. The number of aromatic nitrogens is 1. The molecule has 5 nitrogen and oxygen atoms in total. The largest absolute Gasteiger partial charge is 0.368 e. The van der Waals surface area contributed by atoms with E-state index in [0.717, 1.165) is 54.0 Å². The quantitative estimate of drug-likeness (QED) is 0.595. The molecule has 0 bridgehead atoms. The van der Waals surface area contributed by atoms with E-state index in [-0.39, 0.29) is 5.78 Å². The number of carbonyl (C=O) groups is 1. The van der Waals surface area contributed by atoms with Crippen molar-refractivity contribution in [1.29, 1.82) is 5.26 Å². The number of nitrogens with zero attached hydrogens (tertiary/aromatic N) is 3. The molecule has 0 unspecified atom stereocenters. The summed E-state index contributed by atoms with van der Waals surface area (Å²) >= 11 is 6.76. The number of H-pyrrole nitrogens is 1. The van der Waals surface area contributed by atoms with E-state index in [9.17, 15) is 10.1 Å². The van der Waals surface area contributed by atoms with Crippen molar-refractivity contribution in [3.63, 3.8) is 0 Å². The smallest absolute Gasteiger partial charge is 0.195 e. The van der Waals surface area contributed by atoms with Crippen LogP contribution in [0.1, 0.15) is 60.4 Å². The van der Waals surface area contributed by atoms with Crippen LogP contribution < -0.4 is 4.90 Å². The third kappa shape index (κ3) is 3.05. The first-order chi connectivity index (χ1) is 15.2. The molecule has 0 radical (unpaired) electrons. The number of carbonyl (C=O) groups excluding carboxylic acids is 1. The highest BCUT2D eigenvalue weighted by Crippen LogP contribution is 2.46.